The minimum Gasteiger partial charge on any atom is -0.497 e. The van der Waals surface area contributed by atoms with E-state index < -0.39 is 0 Å². The van der Waals surface area contributed by atoms with Gasteiger partial charge in [-0.25, -0.2) is 0 Å². The van der Waals surface area contributed by atoms with Crippen molar-refractivity contribution in [3.8, 4) is 17.2 Å². The summed E-state index contributed by atoms with van der Waals surface area (Å²) in [5.74, 6) is 3.04. The zero-order chi connectivity index (χ0) is 17.8. The summed E-state index contributed by atoms with van der Waals surface area (Å²) in [4.78, 5) is 0. The smallest absolute Gasteiger partial charge is 0.143 e. The van der Waals surface area contributed by atoms with Crippen molar-refractivity contribution in [2.75, 3.05) is 32.7 Å². The lowest BCUT2D eigenvalue weighted by molar-refractivity contribution is 0.272. The summed E-state index contributed by atoms with van der Waals surface area (Å²) in [6, 6.07) is 12.0. The van der Waals surface area contributed by atoms with Crippen LogP contribution in [0, 0.1) is 5.92 Å². The molecule has 4 nitrogen and oxygen atoms in total. The highest BCUT2D eigenvalue weighted by atomic mass is 16.5. The Balaban J connectivity index is 1.96. The second-order valence-electron chi connectivity index (χ2n) is 6.51. The third-order valence-electron chi connectivity index (χ3n) is 4.19. The number of methoxy groups -OCH3 is 2. The minimum atomic E-state index is 0.478. The predicted molar refractivity (Wildman–Crippen MR) is 103 cm³/mol. The van der Waals surface area contributed by atoms with Gasteiger partial charge >= 0.3 is 0 Å². The van der Waals surface area contributed by atoms with Crippen LogP contribution in [-0.2, 0) is 0 Å². The summed E-state index contributed by atoms with van der Waals surface area (Å²) in [5.41, 5.74) is 4.39. The van der Waals surface area contributed by atoms with Gasteiger partial charge in [0.05, 0.1) is 26.5 Å². The summed E-state index contributed by atoms with van der Waals surface area (Å²) < 4.78 is 16.8. The van der Waals surface area contributed by atoms with E-state index in [1.807, 2.05) is 24.3 Å². The topological polar surface area (TPSA) is 39.7 Å². The Kier molecular flexibility index (Phi) is 5.17. The number of nitrogens with one attached hydrogen (secondary N) is 1. The molecule has 132 valence electrons. The lowest BCUT2D eigenvalue weighted by atomic mass is 9.97. The van der Waals surface area contributed by atoms with Gasteiger partial charge in [-0.2, -0.15) is 0 Å². The maximum atomic E-state index is 5.97. The molecule has 0 amide bonds. The first kappa shape index (κ1) is 17.2. The molecule has 1 N–H and O–H groups in total. The van der Waals surface area contributed by atoms with E-state index in [0.29, 0.717) is 12.5 Å². The first-order chi connectivity index (χ1) is 12.1. The van der Waals surface area contributed by atoms with Gasteiger partial charge in [-0.15, -0.1) is 0 Å². The maximum absolute atomic E-state index is 5.97. The molecule has 0 bridgehead atoms. The van der Waals surface area contributed by atoms with E-state index in [0.717, 1.165) is 40.6 Å². The van der Waals surface area contributed by atoms with E-state index in [-0.39, 0.29) is 0 Å². The fourth-order valence-corrected chi connectivity index (χ4v) is 2.86. The number of rotatable bonds is 6. The zero-order valence-electron chi connectivity index (χ0n) is 15.3. The number of ether oxygens (including phenoxy) is 3. The quantitative estimate of drug-likeness (QED) is 0.828. The van der Waals surface area contributed by atoms with E-state index >= 15 is 0 Å². The van der Waals surface area contributed by atoms with Crippen molar-refractivity contribution >= 4 is 17.3 Å². The second-order valence-corrected chi connectivity index (χ2v) is 6.51. The Hall–Kier alpha value is -2.62. The molecule has 1 aliphatic heterocycles. The largest absolute Gasteiger partial charge is 0.497 e. The Morgan fingerprint density at radius 1 is 0.960 bits per heavy atom. The third-order valence-corrected chi connectivity index (χ3v) is 4.19. The van der Waals surface area contributed by atoms with Crippen LogP contribution in [0.2, 0.25) is 0 Å². The highest BCUT2D eigenvalue weighted by molar-refractivity contribution is 5.94. The molecule has 0 atom stereocenters. The number of anilines is 1. The Labute approximate surface area is 149 Å². The molecule has 0 saturated heterocycles. The van der Waals surface area contributed by atoms with E-state index in [1.54, 1.807) is 14.2 Å². The molecule has 1 aliphatic rings. The molecule has 0 unspecified atom stereocenters. The first-order valence-electron chi connectivity index (χ1n) is 8.55. The molecule has 0 aliphatic carbocycles. The van der Waals surface area contributed by atoms with Gasteiger partial charge < -0.3 is 19.5 Å². The SMILES string of the molecule is COc1ccc(C2=Cc3c(OC)ccc(OCC(C)C)c3NC2)cc1. The molecule has 1 heterocycles. The third kappa shape index (κ3) is 3.73. The average Bonchev–Trinajstić information content (AvgIpc) is 2.65. The fraction of sp³-hybridized carbons (Fsp3) is 0.333. The van der Waals surface area contributed by atoms with Gasteiger partial charge in [0.2, 0.25) is 0 Å². The van der Waals surface area contributed by atoms with Crippen LogP contribution in [0.25, 0.3) is 11.6 Å². The molecule has 25 heavy (non-hydrogen) atoms. The van der Waals surface area contributed by atoms with E-state index in [9.17, 15) is 0 Å². The summed E-state index contributed by atoms with van der Waals surface area (Å²) >= 11 is 0. The summed E-state index contributed by atoms with van der Waals surface area (Å²) in [7, 11) is 3.37. The molecule has 0 saturated carbocycles. The van der Waals surface area contributed by atoms with E-state index in [1.165, 1.54) is 5.57 Å². The van der Waals surface area contributed by atoms with Gasteiger partial charge in [0, 0.05) is 12.1 Å². The second kappa shape index (κ2) is 7.51. The monoisotopic (exact) mass is 339 g/mol. The van der Waals surface area contributed by atoms with Crippen molar-refractivity contribution in [1.29, 1.82) is 0 Å². The van der Waals surface area contributed by atoms with Gasteiger partial charge in [0.15, 0.2) is 0 Å². The van der Waals surface area contributed by atoms with E-state index in [4.69, 9.17) is 14.2 Å². The van der Waals surface area contributed by atoms with Crippen molar-refractivity contribution in [1.82, 2.24) is 0 Å². The van der Waals surface area contributed by atoms with Crippen molar-refractivity contribution < 1.29 is 14.2 Å². The normalized spacial score (nSPS) is 12.9. The summed E-state index contributed by atoms with van der Waals surface area (Å²) in [6.45, 7) is 5.72. The van der Waals surface area contributed by atoms with Crippen LogP contribution < -0.4 is 19.5 Å². The van der Waals surface area contributed by atoms with Crippen molar-refractivity contribution in [3.63, 3.8) is 0 Å². The molecule has 4 heteroatoms. The molecule has 3 rings (SSSR count). The standard InChI is InChI=1S/C21H25NO3/c1-14(2)13-25-20-10-9-19(24-4)18-11-16(12-22-21(18)20)15-5-7-17(23-3)8-6-15/h5-11,14,22H,12-13H2,1-4H3. The lowest BCUT2D eigenvalue weighted by Crippen LogP contribution is -2.13. The number of hydrogen-bond donors (Lipinski definition) is 1. The van der Waals surface area contributed by atoms with Crippen molar-refractivity contribution in [2.45, 2.75) is 13.8 Å². The lowest BCUT2D eigenvalue weighted by Gasteiger charge is -2.24. The molecule has 0 spiro atoms. The molecule has 2 aromatic rings. The van der Waals surface area contributed by atoms with Crippen LogP contribution in [-0.4, -0.2) is 27.4 Å². The van der Waals surface area contributed by atoms with Crippen molar-refractivity contribution in [3.05, 3.63) is 47.5 Å². The fourth-order valence-electron chi connectivity index (χ4n) is 2.86. The summed E-state index contributed by atoms with van der Waals surface area (Å²) in [5, 5.41) is 3.50. The average molecular weight is 339 g/mol. The molecule has 0 aromatic heterocycles. The van der Waals surface area contributed by atoms with Crippen LogP contribution in [0.1, 0.15) is 25.0 Å². The van der Waals surface area contributed by atoms with Crippen LogP contribution in [0.3, 0.4) is 0 Å². The molecular formula is C21H25NO3. The van der Waals surface area contributed by atoms with Gasteiger partial charge in [-0.1, -0.05) is 26.0 Å². The molecule has 0 fully saturated rings. The first-order valence-corrected chi connectivity index (χ1v) is 8.55. The number of benzene rings is 2. The highest BCUT2D eigenvalue weighted by Crippen LogP contribution is 2.41. The number of fused-ring (bicyclic) bond motifs is 1. The minimum absolute atomic E-state index is 0.478. The Morgan fingerprint density at radius 3 is 2.32 bits per heavy atom. The van der Waals surface area contributed by atoms with Crippen LogP contribution in [0.15, 0.2) is 36.4 Å². The zero-order valence-corrected chi connectivity index (χ0v) is 15.3. The van der Waals surface area contributed by atoms with Crippen LogP contribution in [0.5, 0.6) is 17.2 Å². The number of hydrogen-bond acceptors (Lipinski definition) is 4. The van der Waals surface area contributed by atoms with Gasteiger partial charge in [0.1, 0.15) is 17.2 Å². The van der Waals surface area contributed by atoms with Gasteiger partial charge in [-0.05, 0) is 47.4 Å². The Morgan fingerprint density at radius 2 is 1.68 bits per heavy atom. The maximum Gasteiger partial charge on any atom is 0.143 e. The molecular weight excluding hydrogens is 314 g/mol. The Bertz CT molecular complexity index is 763. The van der Waals surface area contributed by atoms with Gasteiger partial charge in [-0.3, -0.25) is 0 Å². The van der Waals surface area contributed by atoms with Crippen LogP contribution in [0.4, 0.5) is 5.69 Å². The molecule has 0 radical (unpaired) electrons. The van der Waals surface area contributed by atoms with Gasteiger partial charge in [0.25, 0.3) is 0 Å². The molecule has 2 aromatic carbocycles. The predicted octanol–water partition coefficient (Wildman–Crippen LogP) is 4.70. The van der Waals surface area contributed by atoms with E-state index in [2.05, 4.69) is 37.4 Å². The van der Waals surface area contributed by atoms with Crippen molar-refractivity contribution in [2.24, 2.45) is 5.92 Å². The summed E-state index contributed by atoms with van der Waals surface area (Å²) in [6.07, 6.45) is 2.18. The van der Waals surface area contributed by atoms with Crippen LogP contribution >= 0.6 is 0 Å². The highest BCUT2D eigenvalue weighted by Gasteiger charge is 2.19.